The van der Waals surface area contributed by atoms with Crippen molar-refractivity contribution in [3.63, 3.8) is 0 Å². The van der Waals surface area contributed by atoms with Gasteiger partial charge in [-0.05, 0) is 17.7 Å². The molecule has 0 bridgehead atoms. The fourth-order valence-electron chi connectivity index (χ4n) is 3.04. The molecule has 1 saturated heterocycles. The lowest BCUT2D eigenvalue weighted by molar-refractivity contribution is -0.121. The number of piperazine rings is 1. The number of carbonyl (C=O) groups is 2. The molecule has 3 amide bonds. The standard InChI is InChI=1S/C19H24N4O5S/c24-18(21-19(25)20-13-17-7-4-12-28-17)14-22-8-10-23(11-9-22)29(26,27)15-16-5-2-1-3-6-16/h1-7,12H,8-11,13-15H2,(H2,20,21,24,25). The lowest BCUT2D eigenvalue weighted by atomic mass is 10.2. The maximum atomic E-state index is 12.6. The number of sulfonamides is 1. The number of carbonyl (C=O) groups excluding carboxylic acids is 2. The van der Waals surface area contributed by atoms with Crippen molar-refractivity contribution >= 4 is 22.0 Å². The number of urea groups is 1. The number of amides is 3. The summed E-state index contributed by atoms with van der Waals surface area (Å²) in [6, 6.07) is 11.9. The smallest absolute Gasteiger partial charge is 0.321 e. The van der Waals surface area contributed by atoms with Gasteiger partial charge >= 0.3 is 6.03 Å². The summed E-state index contributed by atoms with van der Waals surface area (Å²) in [7, 11) is -3.40. The van der Waals surface area contributed by atoms with Crippen molar-refractivity contribution in [3.05, 3.63) is 60.1 Å². The van der Waals surface area contributed by atoms with E-state index in [1.54, 1.807) is 24.3 Å². The van der Waals surface area contributed by atoms with Gasteiger partial charge in [0.1, 0.15) is 5.76 Å². The Labute approximate surface area is 169 Å². The van der Waals surface area contributed by atoms with Gasteiger partial charge in [0, 0.05) is 26.2 Å². The third-order valence-electron chi connectivity index (χ3n) is 4.54. The summed E-state index contributed by atoms with van der Waals surface area (Å²) in [4.78, 5) is 25.6. The molecule has 156 valence electrons. The van der Waals surface area contributed by atoms with Gasteiger partial charge in [0.25, 0.3) is 0 Å². The molecular formula is C19H24N4O5S. The number of rotatable bonds is 7. The highest BCUT2D eigenvalue weighted by Crippen LogP contribution is 2.13. The van der Waals surface area contributed by atoms with Crippen molar-refractivity contribution in [1.82, 2.24) is 19.8 Å². The number of furan rings is 1. The van der Waals surface area contributed by atoms with E-state index in [0.717, 1.165) is 5.56 Å². The van der Waals surface area contributed by atoms with Crippen LogP contribution in [0.2, 0.25) is 0 Å². The second-order valence-electron chi connectivity index (χ2n) is 6.73. The predicted octanol–water partition coefficient (Wildman–Crippen LogP) is 0.753. The summed E-state index contributed by atoms with van der Waals surface area (Å²) in [5.41, 5.74) is 0.745. The normalized spacial score (nSPS) is 15.7. The molecule has 1 fully saturated rings. The van der Waals surface area contributed by atoms with Gasteiger partial charge in [-0.1, -0.05) is 30.3 Å². The molecule has 0 spiro atoms. The van der Waals surface area contributed by atoms with Crippen LogP contribution in [0.5, 0.6) is 0 Å². The van der Waals surface area contributed by atoms with Crippen molar-refractivity contribution in [1.29, 1.82) is 0 Å². The Hall–Kier alpha value is -2.69. The van der Waals surface area contributed by atoms with Crippen LogP contribution in [0.1, 0.15) is 11.3 Å². The highest BCUT2D eigenvalue weighted by atomic mass is 32.2. The topological polar surface area (TPSA) is 112 Å². The van der Waals surface area contributed by atoms with E-state index in [1.165, 1.54) is 10.6 Å². The van der Waals surface area contributed by atoms with E-state index in [9.17, 15) is 18.0 Å². The Morgan fingerprint density at radius 2 is 1.72 bits per heavy atom. The number of imide groups is 1. The minimum Gasteiger partial charge on any atom is -0.467 e. The summed E-state index contributed by atoms with van der Waals surface area (Å²) < 4.78 is 31.7. The molecule has 2 N–H and O–H groups in total. The zero-order valence-corrected chi connectivity index (χ0v) is 16.7. The van der Waals surface area contributed by atoms with Gasteiger partial charge in [-0.25, -0.2) is 13.2 Å². The second kappa shape index (κ2) is 9.68. The fraction of sp³-hybridized carbons (Fsp3) is 0.368. The van der Waals surface area contributed by atoms with Crippen LogP contribution in [0.4, 0.5) is 4.79 Å². The van der Waals surface area contributed by atoms with E-state index in [2.05, 4.69) is 10.6 Å². The van der Waals surface area contributed by atoms with Gasteiger partial charge in [-0.3, -0.25) is 15.0 Å². The Bertz CT molecular complexity index is 907. The van der Waals surface area contributed by atoms with E-state index in [1.807, 2.05) is 23.1 Å². The number of hydrogen-bond donors (Lipinski definition) is 2. The SMILES string of the molecule is O=C(CN1CCN(S(=O)(=O)Cc2ccccc2)CC1)NC(=O)NCc1ccco1. The first kappa shape index (κ1) is 21.0. The summed E-state index contributed by atoms with van der Waals surface area (Å²) in [5, 5.41) is 4.79. The van der Waals surface area contributed by atoms with Crippen LogP contribution in [0.3, 0.4) is 0 Å². The van der Waals surface area contributed by atoms with Crippen LogP contribution < -0.4 is 10.6 Å². The number of hydrogen-bond acceptors (Lipinski definition) is 6. The average molecular weight is 420 g/mol. The van der Waals surface area contributed by atoms with Gasteiger partial charge in [-0.15, -0.1) is 0 Å². The third-order valence-corrected chi connectivity index (χ3v) is 6.39. The zero-order valence-electron chi connectivity index (χ0n) is 15.9. The van der Waals surface area contributed by atoms with Crippen molar-refractivity contribution < 1.29 is 22.4 Å². The van der Waals surface area contributed by atoms with Gasteiger partial charge in [-0.2, -0.15) is 4.31 Å². The summed E-state index contributed by atoms with van der Waals surface area (Å²) in [5.74, 6) is 0.104. The fourth-order valence-corrected chi connectivity index (χ4v) is 4.55. The molecule has 0 atom stereocenters. The van der Waals surface area contributed by atoms with E-state index < -0.39 is 22.0 Å². The largest absolute Gasteiger partial charge is 0.467 e. The molecule has 0 aliphatic carbocycles. The highest BCUT2D eigenvalue weighted by Gasteiger charge is 2.28. The molecule has 1 aliphatic rings. The molecule has 1 aromatic heterocycles. The molecule has 0 saturated carbocycles. The van der Waals surface area contributed by atoms with Crippen LogP contribution in [0.25, 0.3) is 0 Å². The molecule has 9 nitrogen and oxygen atoms in total. The molecule has 3 rings (SSSR count). The van der Waals surface area contributed by atoms with Gasteiger partial charge in [0.2, 0.25) is 15.9 Å². The van der Waals surface area contributed by atoms with Gasteiger partial charge in [0.05, 0.1) is 25.1 Å². The monoisotopic (exact) mass is 420 g/mol. The zero-order chi connectivity index (χ0) is 20.7. The summed E-state index contributed by atoms with van der Waals surface area (Å²) in [6.07, 6.45) is 1.50. The third kappa shape index (κ3) is 6.41. The van der Waals surface area contributed by atoms with Crippen molar-refractivity contribution in [2.45, 2.75) is 12.3 Å². The van der Waals surface area contributed by atoms with Gasteiger partial charge < -0.3 is 9.73 Å². The minimum absolute atomic E-state index is 0.0285. The van der Waals surface area contributed by atoms with E-state index in [-0.39, 0.29) is 18.8 Å². The summed E-state index contributed by atoms with van der Waals surface area (Å²) in [6.45, 7) is 1.69. The van der Waals surface area contributed by atoms with E-state index >= 15 is 0 Å². The van der Waals surface area contributed by atoms with Crippen molar-refractivity contribution in [2.24, 2.45) is 0 Å². The number of benzene rings is 1. The second-order valence-corrected chi connectivity index (χ2v) is 8.70. The molecule has 1 aromatic carbocycles. The Kier molecular flexibility index (Phi) is 7.02. The van der Waals surface area contributed by atoms with Crippen LogP contribution in [-0.2, 0) is 27.1 Å². The van der Waals surface area contributed by atoms with Crippen molar-refractivity contribution in [2.75, 3.05) is 32.7 Å². The lowest BCUT2D eigenvalue weighted by Crippen LogP contribution is -2.52. The Morgan fingerprint density at radius 1 is 1.00 bits per heavy atom. The molecule has 10 heteroatoms. The Balaban J connectivity index is 1.39. The quantitative estimate of drug-likeness (QED) is 0.684. The van der Waals surface area contributed by atoms with Crippen LogP contribution in [0, 0.1) is 0 Å². The maximum absolute atomic E-state index is 12.6. The van der Waals surface area contributed by atoms with Crippen LogP contribution in [-0.4, -0.2) is 62.3 Å². The molecule has 1 aliphatic heterocycles. The first-order chi connectivity index (χ1) is 13.9. The molecule has 29 heavy (non-hydrogen) atoms. The first-order valence-electron chi connectivity index (χ1n) is 9.26. The molecule has 0 unspecified atom stereocenters. The maximum Gasteiger partial charge on any atom is 0.321 e. The first-order valence-corrected chi connectivity index (χ1v) is 10.9. The van der Waals surface area contributed by atoms with Crippen molar-refractivity contribution in [3.8, 4) is 0 Å². The number of nitrogens with zero attached hydrogens (tertiary/aromatic N) is 2. The van der Waals surface area contributed by atoms with E-state index in [4.69, 9.17) is 4.42 Å². The molecule has 2 aromatic rings. The lowest BCUT2D eigenvalue weighted by Gasteiger charge is -2.33. The number of nitrogens with one attached hydrogen (secondary N) is 2. The van der Waals surface area contributed by atoms with Crippen LogP contribution in [0.15, 0.2) is 53.1 Å². The van der Waals surface area contributed by atoms with Crippen LogP contribution >= 0.6 is 0 Å². The predicted molar refractivity (Wildman–Crippen MR) is 106 cm³/mol. The van der Waals surface area contributed by atoms with Gasteiger partial charge in [0.15, 0.2) is 0 Å². The Morgan fingerprint density at radius 3 is 2.38 bits per heavy atom. The summed E-state index contributed by atoms with van der Waals surface area (Å²) >= 11 is 0. The highest BCUT2D eigenvalue weighted by molar-refractivity contribution is 7.88. The minimum atomic E-state index is -3.40. The molecule has 2 heterocycles. The average Bonchev–Trinajstić information content (AvgIpc) is 3.21. The molecule has 0 radical (unpaired) electrons. The molecular weight excluding hydrogens is 396 g/mol. The van der Waals surface area contributed by atoms with E-state index in [0.29, 0.717) is 31.9 Å².